The molecule has 26 heavy (non-hydrogen) atoms. The lowest BCUT2D eigenvalue weighted by Crippen LogP contribution is -2.40. The number of rotatable bonds is 3. The van der Waals surface area contributed by atoms with Crippen LogP contribution >= 0.6 is 11.8 Å². The smallest absolute Gasteiger partial charge is 0.416 e. The Labute approximate surface area is 157 Å². The highest BCUT2D eigenvalue weighted by molar-refractivity contribution is 7.98. The van der Waals surface area contributed by atoms with Gasteiger partial charge in [0.05, 0.1) is 35.0 Å². The van der Waals surface area contributed by atoms with Crippen molar-refractivity contribution in [1.82, 2.24) is 14.3 Å². The average Bonchev–Trinajstić information content (AvgIpc) is 2.96. The average molecular weight is 403 g/mol. The van der Waals surface area contributed by atoms with E-state index in [1.54, 1.807) is 6.33 Å². The van der Waals surface area contributed by atoms with E-state index in [1.807, 2.05) is 32.3 Å². The van der Waals surface area contributed by atoms with E-state index in [-0.39, 0.29) is 6.04 Å². The monoisotopic (exact) mass is 403 g/mol. The van der Waals surface area contributed by atoms with Crippen LogP contribution in [-0.4, -0.2) is 18.9 Å². The topological polar surface area (TPSA) is 52.9 Å². The molecule has 0 radical (unpaired) electrons. The van der Waals surface area contributed by atoms with Crippen LogP contribution in [0.2, 0.25) is 0 Å². The Morgan fingerprint density at radius 1 is 1.31 bits per heavy atom. The van der Waals surface area contributed by atoms with Crippen molar-refractivity contribution in [3.8, 4) is 5.69 Å². The number of hydrogen-bond acceptors (Lipinski definition) is 4. The molecule has 1 N–H and O–H groups in total. The van der Waals surface area contributed by atoms with Gasteiger partial charge in [-0.1, -0.05) is 0 Å². The first kappa shape index (κ1) is 19.6. The predicted molar refractivity (Wildman–Crippen MR) is 97.6 cm³/mol. The van der Waals surface area contributed by atoms with Gasteiger partial charge in [-0.25, -0.2) is 4.98 Å². The van der Waals surface area contributed by atoms with Crippen LogP contribution in [0.1, 0.15) is 50.7 Å². The summed E-state index contributed by atoms with van der Waals surface area (Å²) in [5.41, 5.74) is 1.71. The van der Waals surface area contributed by atoms with Crippen LogP contribution in [0.3, 0.4) is 0 Å². The fourth-order valence-electron chi connectivity index (χ4n) is 2.64. The maximum Gasteiger partial charge on any atom is 0.416 e. The molecule has 1 aromatic heterocycles. The minimum Gasteiger partial charge on any atom is -0.598 e. The summed E-state index contributed by atoms with van der Waals surface area (Å²) in [5.74, 6) is 0.512. The van der Waals surface area contributed by atoms with Crippen LogP contribution in [0.15, 0.2) is 29.4 Å². The molecule has 0 bridgehead atoms. The van der Waals surface area contributed by atoms with Crippen LogP contribution in [0.5, 0.6) is 0 Å². The van der Waals surface area contributed by atoms with Gasteiger partial charge < -0.3 is 9.12 Å². The molecule has 1 unspecified atom stereocenters. The Balaban J connectivity index is 1.90. The Hall–Kier alpha value is -1.16. The van der Waals surface area contributed by atoms with E-state index < -0.39 is 27.8 Å². The zero-order valence-corrected chi connectivity index (χ0v) is 16.5. The third-order valence-electron chi connectivity index (χ3n) is 4.06. The molecule has 9 heteroatoms. The number of benzene rings is 1. The van der Waals surface area contributed by atoms with Gasteiger partial charge in [0.2, 0.25) is 0 Å². The van der Waals surface area contributed by atoms with Gasteiger partial charge in [-0.3, -0.25) is 0 Å². The van der Waals surface area contributed by atoms with Crippen molar-refractivity contribution in [3.05, 3.63) is 41.5 Å². The van der Waals surface area contributed by atoms with E-state index in [2.05, 4.69) is 9.71 Å². The van der Waals surface area contributed by atoms with E-state index >= 15 is 0 Å². The van der Waals surface area contributed by atoms with Gasteiger partial charge >= 0.3 is 6.18 Å². The third kappa shape index (κ3) is 3.76. The van der Waals surface area contributed by atoms with Crippen LogP contribution < -0.4 is 4.72 Å². The van der Waals surface area contributed by atoms with Gasteiger partial charge in [-0.05, 0) is 45.9 Å². The molecular formula is C17H20F3N3OS2. The minimum atomic E-state index is -4.36. The zero-order valence-electron chi connectivity index (χ0n) is 14.8. The Morgan fingerprint density at radius 3 is 2.62 bits per heavy atom. The summed E-state index contributed by atoms with van der Waals surface area (Å²) < 4.78 is 55.6. The molecule has 2 aromatic rings. The van der Waals surface area contributed by atoms with Gasteiger partial charge in [0.25, 0.3) is 0 Å². The number of hydrogen-bond donors (Lipinski definition) is 1. The van der Waals surface area contributed by atoms with Crippen molar-refractivity contribution in [2.45, 2.75) is 55.3 Å². The van der Waals surface area contributed by atoms with Crippen molar-refractivity contribution in [2.75, 3.05) is 0 Å². The normalized spacial score (nSPS) is 16.8. The number of nitrogens with zero attached hydrogens (tertiary/aromatic N) is 2. The van der Waals surface area contributed by atoms with E-state index in [4.69, 9.17) is 0 Å². The largest absolute Gasteiger partial charge is 0.598 e. The van der Waals surface area contributed by atoms with Crippen molar-refractivity contribution in [1.29, 1.82) is 0 Å². The van der Waals surface area contributed by atoms with E-state index in [0.717, 1.165) is 17.5 Å². The Bertz CT molecular complexity index is 815. The molecular weight excluding hydrogens is 383 g/mol. The first-order valence-corrected chi connectivity index (χ1v) is 10.2. The number of thioether (sulfide) groups is 1. The number of aromatic nitrogens is 2. The molecule has 0 aliphatic carbocycles. The second-order valence-electron chi connectivity index (χ2n) is 7.14. The summed E-state index contributed by atoms with van der Waals surface area (Å²) in [6, 6.07) is 3.51. The van der Waals surface area contributed by atoms with Crippen LogP contribution in [-0.2, 0) is 23.3 Å². The lowest BCUT2D eigenvalue weighted by Gasteiger charge is -2.27. The molecule has 142 valence electrons. The highest BCUT2D eigenvalue weighted by atomic mass is 32.2. The van der Waals surface area contributed by atoms with Crippen LogP contribution in [0.25, 0.3) is 5.69 Å². The van der Waals surface area contributed by atoms with E-state index in [9.17, 15) is 17.7 Å². The van der Waals surface area contributed by atoms with Crippen molar-refractivity contribution < 1.29 is 17.7 Å². The summed E-state index contributed by atoms with van der Waals surface area (Å²) >= 11 is 0.116. The molecule has 3 rings (SSSR count). The molecule has 0 saturated carbocycles. The van der Waals surface area contributed by atoms with Gasteiger partial charge in [0.15, 0.2) is 0 Å². The number of nitrogens with one attached hydrogen (secondary N) is 1. The number of imidazole rings is 1. The van der Waals surface area contributed by atoms with Crippen molar-refractivity contribution >= 4 is 23.1 Å². The van der Waals surface area contributed by atoms with Crippen LogP contribution in [0, 0.1) is 0 Å². The lowest BCUT2D eigenvalue weighted by molar-refractivity contribution is -0.137. The summed E-state index contributed by atoms with van der Waals surface area (Å²) in [6.45, 7) is 7.54. The minimum absolute atomic E-state index is 0.233. The molecule has 0 saturated heterocycles. The van der Waals surface area contributed by atoms with Crippen LogP contribution in [0.4, 0.5) is 13.2 Å². The molecule has 1 aliphatic rings. The van der Waals surface area contributed by atoms with Gasteiger partial charge in [-0.2, -0.15) is 13.2 Å². The van der Waals surface area contributed by atoms with E-state index in [0.29, 0.717) is 16.3 Å². The lowest BCUT2D eigenvalue weighted by atomic mass is 10.1. The van der Waals surface area contributed by atoms with Gasteiger partial charge in [0, 0.05) is 22.0 Å². The zero-order chi connectivity index (χ0) is 19.3. The highest BCUT2D eigenvalue weighted by Gasteiger charge is 2.33. The van der Waals surface area contributed by atoms with E-state index in [1.165, 1.54) is 23.9 Å². The summed E-state index contributed by atoms with van der Waals surface area (Å²) in [5, 5.41) is 0. The maximum atomic E-state index is 12.9. The summed E-state index contributed by atoms with van der Waals surface area (Å²) in [6.07, 6.45) is -2.74. The molecule has 2 heterocycles. The first-order chi connectivity index (χ1) is 12.0. The second kappa shape index (κ2) is 6.78. The SMILES string of the molecule is C[C@H](N[S+]([O-])C(C)(C)C)c1ncn2c1CSc1cc(C(F)(F)F)ccc1-2. The van der Waals surface area contributed by atoms with Crippen molar-refractivity contribution in [3.63, 3.8) is 0 Å². The van der Waals surface area contributed by atoms with Gasteiger partial charge in [-0.15, -0.1) is 16.5 Å². The Morgan fingerprint density at radius 2 is 2.00 bits per heavy atom. The molecule has 0 amide bonds. The molecule has 2 atom stereocenters. The number of halogens is 3. The second-order valence-corrected chi connectivity index (χ2v) is 10.2. The standard InChI is InChI=1S/C17H20F3N3OS2/c1-10(22-26(24)16(2,3)4)15-13-8-25-14-7-11(17(18,19)20)5-6-12(14)23(13)9-21-15/h5-7,9-10,22H,8H2,1-4H3/t10-,26?/m0/s1. The highest BCUT2D eigenvalue weighted by Crippen LogP contribution is 2.40. The molecule has 0 spiro atoms. The fourth-order valence-corrected chi connectivity index (χ4v) is 4.53. The predicted octanol–water partition coefficient (Wildman–Crippen LogP) is 4.61. The number of alkyl halides is 3. The fraction of sp³-hybridized carbons (Fsp3) is 0.471. The number of fused-ring (bicyclic) bond motifs is 3. The first-order valence-electron chi connectivity index (χ1n) is 8.07. The van der Waals surface area contributed by atoms with Gasteiger partial charge in [0.1, 0.15) is 4.75 Å². The molecule has 1 aliphatic heterocycles. The Kier molecular flexibility index (Phi) is 5.11. The summed E-state index contributed by atoms with van der Waals surface area (Å²) in [7, 11) is 0. The summed E-state index contributed by atoms with van der Waals surface area (Å²) in [4.78, 5) is 5.01. The maximum absolute atomic E-state index is 12.9. The molecule has 1 aromatic carbocycles. The quantitative estimate of drug-likeness (QED) is 0.761. The van der Waals surface area contributed by atoms with Crippen molar-refractivity contribution in [2.24, 2.45) is 0 Å². The third-order valence-corrected chi connectivity index (χ3v) is 6.80. The molecule has 4 nitrogen and oxygen atoms in total. The molecule has 0 fully saturated rings.